The average Bonchev–Trinajstić information content (AvgIpc) is 3.49. The number of benzene rings is 1. The Morgan fingerprint density at radius 2 is 1.68 bits per heavy atom. The highest BCUT2D eigenvalue weighted by Crippen LogP contribution is 2.31. The average molecular weight is 427 g/mol. The fourth-order valence-corrected chi connectivity index (χ4v) is 4.70. The Kier molecular flexibility index (Phi) is 5.91. The number of rotatable bonds is 5. The molecule has 3 saturated heterocycles. The zero-order chi connectivity index (χ0) is 21.1. The molecule has 0 aliphatic carbocycles. The maximum atomic E-state index is 12.6. The highest BCUT2D eigenvalue weighted by molar-refractivity contribution is 5.76. The highest BCUT2D eigenvalue weighted by Gasteiger charge is 2.40. The second kappa shape index (κ2) is 8.96. The van der Waals surface area contributed by atoms with Crippen molar-refractivity contribution >= 4 is 11.6 Å². The van der Waals surface area contributed by atoms with Crippen LogP contribution in [-0.2, 0) is 20.7 Å². The number of carbonyl (C=O) groups excluding carboxylic acids is 1. The molecular weight excluding hydrogens is 396 g/mol. The van der Waals surface area contributed by atoms with Gasteiger partial charge >= 0.3 is 0 Å². The van der Waals surface area contributed by atoms with Gasteiger partial charge in [-0.05, 0) is 43.5 Å². The maximum absolute atomic E-state index is 12.6. The molecule has 1 amide bonds. The van der Waals surface area contributed by atoms with Gasteiger partial charge < -0.3 is 23.8 Å². The largest absolute Gasteiger partial charge is 0.372 e. The molecule has 1 aromatic heterocycles. The second-order valence-corrected chi connectivity index (χ2v) is 8.59. The van der Waals surface area contributed by atoms with Crippen molar-refractivity contribution in [2.75, 3.05) is 44.3 Å². The third-order valence-corrected chi connectivity index (χ3v) is 6.56. The molecule has 3 aliphatic rings. The van der Waals surface area contributed by atoms with Crippen molar-refractivity contribution in [2.45, 2.75) is 50.7 Å². The predicted octanol–water partition coefficient (Wildman–Crippen LogP) is 3.03. The quantitative estimate of drug-likeness (QED) is 0.727. The lowest BCUT2D eigenvalue weighted by Crippen LogP contribution is -2.47. The Morgan fingerprint density at radius 3 is 2.39 bits per heavy atom. The summed E-state index contributed by atoms with van der Waals surface area (Å²) < 4.78 is 16.9. The van der Waals surface area contributed by atoms with Gasteiger partial charge in [0, 0.05) is 63.1 Å². The van der Waals surface area contributed by atoms with Crippen LogP contribution in [0, 0.1) is 0 Å². The van der Waals surface area contributed by atoms with E-state index in [0.29, 0.717) is 50.9 Å². The molecule has 8 heteroatoms. The minimum absolute atomic E-state index is 0.110. The lowest BCUT2D eigenvalue weighted by atomic mass is 10.0. The fourth-order valence-electron chi connectivity index (χ4n) is 4.70. The van der Waals surface area contributed by atoms with E-state index in [-0.39, 0.29) is 5.91 Å². The summed E-state index contributed by atoms with van der Waals surface area (Å²) in [5.74, 6) is 0.725. The molecule has 31 heavy (non-hydrogen) atoms. The summed E-state index contributed by atoms with van der Waals surface area (Å²) in [5, 5.41) is 4.11. The van der Waals surface area contributed by atoms with Crippen LogP contribution < -0.4 is 4.90 Å². The van der Waals surface area contributed by atoms with E-state index in [0.717, 1.165) is 31.5 Å². The Balaban J connectivity index is 1.13. The van der Waals surface area contributed by atoms with E-state index in [1.165, 1.54) is 24.9 Å². The van der Waals surface area contributed by atoms with Crippen LogP contribution in [-0.4, -0.2) is 66.1 Å². The van der Waals surface area contributed by atoms with Gasteiger partial charge in [0.05, 0.1) is 13.2 Å². The third kappa shape index (κ3) is 4.60. The number of piperidine rings is 2. The number of anilines is 1. The molecule has 166 valence electrons. The van der Waals surface area contributed by atoms with Crippen LogP contribution in [0.25, 0.3) is 11.4 Å². The molecule has 2 aromatic rings. The number of hydrogen-bond acceptors (Lipinski definition) is 7. The molecule has 0 bridgehead atoms. The number of amides is 1. The number of aryl methyl sites for hydroxylation is 1. The first-order chi connectivity index (χ1) is 15.2. The predicted molar refractivity (Wildman–Crippen MR) is 115 cm³/mol. The van der Waals surface area contributed by atoms with Crippen LogP contribution in [0.2, 0.25) is 0 Å². The minimum Gasteiger partial charge on any atom is -0.372 e. The Morgan fingerprint density at radius 1 is 0.968 bits per heavy atom. The maximum Gasteiger partial charge on any atom is 0.227 e. The van der Waals surface area contributed by atoms with E-state index in [1.807, 2.05) is 17.0 Å². The normalized spacial score (nSPS) is 21.0. The lowest BCUT2D eigenvalue weighted by molar-refractivity contribution is -0.187. The van der Waals surface area contributed by atoms with Crippen molar-refractivity contribution in [1.82, 2.24) is 15.0 Å². The van der Waals surface area contributed by atoms with Crippen LogP contribution >= 0.6 is 0 Å². The van der Waals surface area contributed by atoms with Crippen LogP contribution in [0.15, 0.2) is 28.8 Å². The number of ether oxygens (including phenoxy) is 2. The van der Waals surface area contributed by atoms with E-state index in [9.17, 15) is 4.79 Å². The van der Waals surface area contributed by atoms with Gasteiger partial charge in [-0.15, -0.1) is 0 Å². The van der Waals surface area contributed by atoms with Crippen molar-refractivity contribution in [3.8, 4) is 11.4 Å². The summed E-state index contributed by atoms with van der Waals surface area (Å²) in [6.07, 6.45) is 6.12. The molecule has 0 radical (unpaired) electrons. The molecule has 3 fully saturated rings. The number of nitrogens with zero attached hydrogens (tertiary/aromatic N) is 4. The molecule has 3 aliphatic heterocycles. The van der Waals surface area contributed by atoms with Crippen molar-refractivity contribution in [3.05, 3.63) is 30.2 Å². The Bertz CT molecular complexity index is 875. The van der Waals surface area contributed by atoms with Gasteiger partial charge in [-0.1, -0.05) is 5.16 Å². The second-order valence-electron chi connectivity index (χ2n) is 8.59. The van der Waals surface area contributed by atoms with Crippen molar-refractivity contribution < 1.29 is 18.8 Å². The van der Waals surface area contributed by atoms with Crippen LogP contribution in [0.1, 0.15) is 44.4 Å². The molecule has 1 aromatic carbocycles. The van der Waals surface area contributed by atoms with E-state index < -0.39 is 5.79 Å². The van der Waals surface area contributed by atoms with E-state index in [4.69, 9.17) is 14.0 Å². The summed E-state index contributed by atoms with van der Waals surface area (Å²) >= 11 is 0. The van der Waals surface area contributed by atoms with Crippen molar-refractivity contribution in [2.24, 2.45) is 0 Å². The van der Waals surface area contributed by atoms with Gasteiger partial charge in [-0.3, -0.25) is 4.79 Å². The Hall–Kier alpha value is -2.45. The molecule has 4 heterocycles. The summed E-state index contributed by atoms with van der Waals surface area (Å²) in [7, 11) is 0. The van der Waals surface area contributed by atoms with E-state index in [1.54, 1.807) is 0 Å². The van der Waals surface area contributed by atoms with Crippen molar-refractivity contribution in [3.63, 3.8) is 0 Å². The monoisotopic (exact) mass is 426 g/mol. The standard InChI is InChI=1S/C23H30N4O4/c28-21(27-14-10-23(11-15-27)29-16-17-30-23)9-8-20-24-22(25-31-20)18-4-6-19(7-5-18)26-12-2-1-3-13-26/h4-7H,1-3,8-17H2. The minimum atomic E-state index is -0.457. The first-order valence-corrected chi connectivity index (χ1v) is 11.4. The topological polar surface area (TPSA) is 80.9 Å². The van der Waals surface area contributed by atoms with Gasteiger partial charge in [-0.2, -0.15) is 4.98 Å². The van der Waals surface area contributed by atoms with Gasteiger partial charge in [0.2, 0.25) is 17.6 Å². The van der Waals surface area contributed by atoms with E-state index >= 15 is 0 Å². The molecule has 1 spiro atoms. The van der Waals surface area contributed by atoms with Gasteiger partial charge in [0.1, 0.15) is 0 Å². The van der Waals surface area contributed by atoms with Gasteiger partial charge in [0.15, 0.2) is 5.79 Å². The highest BCUT2D eigenvalue weighted by atomic mass is 16.7. The van der Waals surface area contributed by atoms with Gasteiger partial charge in [0.25, 0.3) is 0 Å². The van der Waals surface area contributed by atoms with Crippen molar-refractivity contribution in [1.29, 1.82) is 0 Å². The lowest BCUT2D eigenvalue weighted by Gasteiger charge is -2.37. The number of hydrogen-bond donors (Lipinski definition) is 0. The zero-order valence-electron chi connectivity index (χ0n) is 17.9. The SMILES string of the molecule is O=C(CCc1nc(-c2ccc(N3CCCCC3)cc2)no1)N1CCC2(CC1)OCCO2. The molecule has 0 atom stereocenters. The first-order valence-electron chi connectivity index (χ1n) is 11.4. The third-order valence-electron chi connectivity index (χ3n) is 6.56. The number of likely N-dealkylation sites (tertiary alicyclic amines) is 1. The summed E-state index contributed by atoms with van der Waals surface area (Å²) in [4.78, 5) is 21.4. The van der Waals surface area contributed by atoms with Crippen LogP contribution in [0.3, 0.4) is 0 Å². The Labute approximate surface area is 182 Å². The fraction of sp³-hybridized carbons (Fsp3) is 0.609. The molecule has 0 N–H and O–H groups in total. The summed E-state index contributed by atoms with van der Waals surface area (Å²) in [6.45, 7) is 4.87. The van der Waals surface area contributed by atoms with Gasteiger partial charge in [-0.25, -0.2) is 0 Å². The van der Waals surface area contributed by atoms with E-state index in [2.05, 4.69) is 27.2 Å². The summed E-state index contributed by atoms with van der Waals surface area (Å²) in [6, 6.07) is 8.34. The number of carbonyl (C=O) groups is 1. The number of aromatic nitrogens is 2. The smallest absolute Gasteiger partial charge is 0.227 e. The molecule has 5 rings (SSSR count). The molecular formula is C23H30N4O4. The zero-order valence-corrected chi connectivity index (χ0v) is 17.9. The first kappa shape index (κ1) is 20.5. The van der Waals surface area contributed by atoms with Crippen LogP contribution in [0.4, 0.5) is 5.69 Å². The summed E-state index contributed by atoms with van der Waals surface area (Å²) in [5.41, 5.74) is 2.18. The van der Waals surface area contributed by atoms with Crippen LogP contribution in [0.5, 0.6) is 0 Å². The molecule has 0 unspecified atom stereocenters. The molecule has 0 saturated carbocycles. The molecule has 8 nitrogen and oxygen atoms in total.